The number of imidazole rings is 1. The summed E-state index contributed by atoms with van der Waals surface area (Å²) in [6.45, 7) is 2.90. The summed E-state index contributed by atoms with van der Waals surface area (Å²) in [6.07, 6.45) is -6.74. The van der Waals surface area contributed by atoms with E-state index in [2.05, 4.69) is 9.97 Å². The van der Waals surface area contributed by atoms with Gasteiger partial charge in [-0.1, -0.05) is 17.7 Å². The molecule has 0 radical (unpaired) electrons. The zero-order chi connectivity index (χ0) is 20.9. The van der Waals surface area contributed by atoms with Crippen LogP contribution in [0.2, 0.25) is 5.02 Å². The summed E-state index contributed by atoms with van der Waals surface area (Å²) in [5.41, 5.74) is 1.64. The van der Waals surface area contributed by atoms with Gasteiger partial charge in [0.25, 0.3) is 0 Å². The van der Waals surface area contributed by atoms with Gasteiger partial charge in [0, 0.05) is 24.7 Å². The van der Waals surface area contributed by atoms with Crippen LogP contribution < -0.4 is 9.64 Å². The average molecular weight is 427 g/mol. The summed E-state index contributed by atoms with van der Waals surface area (Å²) < 4.78 is 46.5. The van der Waals surface area contributed by atoms with E-state index in [1.165, 1.54) is 19.2 Å². The number of benzene rings is 1. The molecule has 1 aliphatic rings. The highest BCUT2D eigenvalue weighted by Crippen LogP contribution is 2.41. The summed E-state index contributed by atoms with van der Waals surface area (Å²) in [7, 11) is 1.53. The number of aromatic nitrogens is 3. The molecule has 0 saturated carbocycles. The van der Waals surface area contributed by atoms with Crippen molar-refractivity contribution in [2.75, 3.05) is 18.6 Å². The average Bonchev–Trinajstić information content (AvgIpc) is 3.08. The first-order chi connectivity index (χ1) is 13.7. The highest BCUT2D eigenvalue weighted by molar-refractivity contribution is 6.35. The van der Waals surface area contributed by atoms with Gasteiger partial charge in [-0.3, -0.25) is 0 Å². The Balaban J connectivity index is 1.91. The van der Waals surface area contributed by atoms with Gasteiger partial charge in [0.05, 0.1) is 29.0 Å². The van der Waals surface area contributed by atoms with Crippen molar-refractivity contribution >= 4 is 34.3 Å². The molecular weight excluding hydrogens is 409 g/mol. The van der Waals surface area contributed by atoms with Gasteiger partial charge in [-0.15, -0.1) is 0 Å². The van der Waals surface area contributed by atoms with E-state index in [9.17, 15) is 18.3 Å². The summed E-state index contributed by atoms with van der Waals surface area (Å²) in [5.74, 6) is 0.931. The van der Waals surface area contributed by atoms with Crippen LogP contribution in [0.25, 0.3) is 11.0 Å². The lowest BCUT2D eigenvalue weighted by Gasteiger charge is -2.30. The van der Waals surface area contributed by atoms with Crippen molar-refractivity contribution in [2.45, 2.75) is 32.2 Å². The summed E-state index contributed by atoms with van der Waals surface area (Å²) in [5, 5.41) is 10.1. The van der Waals surface area contributed by atoms with Crippen LogP contribution >= 0.6 is 11.6 Å². The predicted octanol–water partition coefficient (Wildman–Crippen LogP) is 4.54. The summed E-state index contributed by atoms with van der Waals surface area (Å²) in [4.78, 5) is 10.8. The van der Waals surface area contributed by atoms with Gasteiger partial charge in [0.15, 0.2) is 6.10 Å². The Kier molecular flexibility index (Phi) is 4.82. The van der Waals surface area contributed by atoms with E-state index in [1.807, 2.05) is 17.9 Å². The molecule has 10 heteroatoms. The maximum atomic E-state index is 13.2. The molecule has 2 aromatic heterocycles. The molecule has 1 aromatic carbocycles. The van der Waals surface area contributed by atoms with Gasteiger partial charge in [-0.25, -0.2) is 9.97 Å². The molecule has 0 bridgehead atoms. The molecular formula is C19H18ClF3N4O2. The second-order valence-corrected chi connectivity index (χ2v) is 7.21. The molecule has 0 fully saturated rings. The van der Waals surface area contributed by atoms with Crippen molar-refractivity contribution in [3.63, 3.8) is 0 Å². The number of aliphatic hydroxyl groups is 1. The SMILES string of the molecule is COc1ccc(N2CCCn3c2nc2c(Cl)ccc(C(O)C(F)(F)F)c23)c(C)n1. The topological polar surface area (TPSA) is 63.4 Å². The van der Waals surface area contributed by atoms with E-state index in [4.69, 9.17) is 16.3 Å². The monoisotopic (exact) mass is 426 g/mol. The maximum Gasteiger partial charge on any atom is 0.418 e. The van der Waals surface area contributed by atoms with Gasteiger partial charge in [-0.05, 0) is 25.5 Å². The molecule has 1 aliphatic heterocycles. The minimum absolute atomic E-state index is 0.196. The highest BCUT2D eigenvalue weighted by Gasteiger charge is 2.41. The number of nitrogens with zero attached hydrogens (tertiary/aromatic N) is 4. The Hall–Kier alpha value is -2.52. The van der Waals surface area contributed by atoms with E-state index in [0.29, 0.717) is 37.0 Å². The molecule has 0 spiro atoms. The van der Waals surface area contributed by atoms with Crippen molar-refractivity contribution in [3.8, 4) is 5.88 Å². The van der Waals surface area contributed by atoms with E-state index in [-0.39, 0.29) is 21.6 Å². The number of pyridine rings is 1. The van der Waals surface area contributed by atoms with Crippen LogP contribution in [0.1, 0.15) is 23.8 Å². The number of aryl methyl sites for hydroxylation is 2. The first kappa shape index (κ1) is 19.8. The van der Waals surface area contributed by atoms with Crippen molar-refractivity contribution in [2.24, 2.45) is 0 Å². The van der Waals surface area contributed by atoms with Crippen LogP contribution in [-0.4, -0.2) is 39.5 Å². The first-order valence-corrected chi connectivity index (χ1v) is 9.32. The van der Waals surface area contributed by atoms with E-state index >= 15 is 0 Å². The molecule has 6 nitrogen and oxygen atoms in total. The summed E-state index contributed by atoms with van der Waals surface area (Å²) >= 11 is 6.25. The first-order valence-electron chi connectivity index (χ1n) is 8.95. The third kappa shape index (κ3) is 3.28. The fraction of sp³-hybridized carbons (Fsp3) is 0.368. The van der Waals surface area contributed by atoms with Crippen molar-refractivity contribution in [1.82, 2.24) is 14.5 Å². The molecule has 3 aromatic rings. The van der Waals surface area contributed by atoms with Gasteiger partial charge < -0.3 is 19.3 Å². The number of fused-ring (bicyclic) bond motifs is 3. The second-order valence-electron chi connectivity index (χ2n) is 6.80. The third-order valence-electron chi connectivity index (χ3n) is 5.00. The van der Waals surface area contributed by atoms with Crippen molar-refractivity contribution in [1.29, 1.82) is 0 Å². The number of ether oxygens (including phenoxy) is 1. The van der Waals surface area contributed by atoms with Crippen LogP contribution in [0.15, 0.2) is 24.3 Å². The molecule has 3 heterocycles. The molecule has 1 N–H and O–H groups in total. The number of alkyl halides is 3. The van der Waals surface area contributed by atoms with Crippen molar-refractivity contribution < 1.29 is 23.0 Å². The lowest BCUT2D eigenvalue weighted by molar-refractivity contribution is -0.206. The van der Waals surface area contributed by atoms with Crippen LogP contribution in [-0.2, 0) is 6.54 Å². The standard InChI is InChI=1S/C19H18ClF3N4O2/c1-10-13(6-7-14(24-10)29-2)26-8-3-9-27-16-11(17(28)19(21,22)23)4-5-12(20)15(16)25-18(26)27/h4-7,17,28H,3,8-9H2,1-2H3. The van der Waals surface area contributed by atoms with Crippen LogP contribution in [0.5, 0.6) is 5.88 Å². The molecule has 29 heavy (non-hydrogen) atoms. The zero-order valence-electron chi connectivity index (χ0n) is 15.7. The number of anilines is 2. The molecule has 0 amide bonds. The Bertz CT molecular complexity index is 1080. The van der Waals surface area contributed by atoms with Crippen LogP contribution in [0.4, 0.5) is 24.8 Å². The Morgan fingerprint density at radius 3 is 2.59 bits per heavy atom. The molecule has 1 atom stereocenters. The van der Waals surface area contributed by atoms with Gasteiger partial charge in [-0.2, -0.15) is 13.2 Å². The van der Waals surface area contributed by atoms with Crippen LogP contribution in [0, 0.1) is 6.92 Å². The second kappa shape index (κ2) is 7.07. The fourth-order valence-electron chi connectivity index (χ4n) is 3.68. The Labute approximate surface area is 169 Å². The van der Waals surface area contributed by atoms with Gasteiger partial charge in [0.1, 0.15) is 5.52 Å². The molecule has 0 aliphatic carbocycles. The number of halogens is 4. The summed E-state index contributed by atoms with van der Waals surface area (Å²) in [6, 6.07) is 6.09. The Morgan fingerprint density at radius 1 is 1.17 bits per heavy atom. The minimum atomic E-state index is -4.80. The zero-order valence-corrected chi connectivity index (χ0v) is 16.4. The predicted molar refractivity (Wildman–Crippen MR) is 103 cm³/mol. The minimum Gasteiger partial charge on any atom is -0.481 e. The fourth-order valence-corrected chi connectivity index (χ4v) is 3.88. The van der Waals surface area contributed by atoms with Gasteiger partial charge in [0.2, 0.25) is 11.8 Å². The van der Waals surface area contributed by atoms with Crippen LogP contribution in [0.3, 0.4) is 0 Å². The number of rotatable bonds is 3. The van der Waals surface area contributed by atoms with E-state index < -0.39 is 12.3 Å². The third-order valence-corrected chi connectivity index (χ3v) is 5.30. The lowest BCUT2D eigenvalue weighted by Crippen LogP contribution is -2.29. The molecule has 4 rings (SSSR count). The van der Waals surface area contributed by atoms with E-state index in [1.54, 1.807) is 10.6 Å². The van der Waals surface area contributed by atoms with Gasteiger partial charge >= 0.3 is 6.18 Å². The molecule has 0 saturated heterocycles. The molecule has 154 valence electrons. The molecule has 1 unspecified atom stereocenters. The highest BCUT2D eigenvalue weighted by atomic mass is 35.5. The number of methoxy groups -OCH3 is 1. The largest absolute Gasteiger partial charge is 0.481 e. The normalized spacial score (nSPS) is 15.5. The quantitative estimate of drug-likeness (QED) is 0.666. The number of aliphatic hydroxyl groups excluding tert-OH is 1. The smallest absolute Gasteiger partial charge is 0.418 e. The number of hydrogen-bond acceptors (Lipinski definition) is 5. The number of hydrogen-bond donors (Lipinski definition) is 1. The maximum absolute atomic E-state index is 13.2. The van der Waals surface area contributed by atoms with Crippen molar-refractivity contribution in [3.05, 3.63) is 40.5 Å². The Morgan fingerprint density at radius 2 is 1.93 bits per heavy atom. The van der Waals surface area contributed by atoms with E-state index in [0.717, 1.165) is 5.69 Å². The lowest BCUT2D eigenvalue weighted by atomic mass is 10.1.